The summed E-state index contributed by atoms with van der Waals surface area (Å²) in [5.41, 5.74) is 1.76. The van der Waals surface area contributed by atoms with E-state index in [0.717, 1.165) is 30.2 Å². The molecule has 2 aliphatic rings. The smallest absolute Gasteiger partial charge is 0.242 e. The SMILES string of the molecule is O=C(CN1C(=O)CSC=C1c1ccccc1)N1CCN(c2ccccn2)CC1. The zero-order valence-electron chi connectivity index (χ0n) is 15.5. The normalized spacial score (nSPS) is 17.5. The number of carbonyl (C=O) groups is 2. The minimum absolute atomic E-state index is 0.0113. The second kappa shape index (κ2) is 8.48. The van der Waals surface area contributed by atoms with Crippen LogP contribution in [0.1, 0.15) is 5.56 Å². The average Bonchev–Trinajstić information content (AvgIpc) is 2.76. The Labute approximate surface area is 168 Å². The highest BCUT2D eigenvalue weighted by molar-refractivity contribution is 8.03. The quantitative estimate of drug-likeness (QED) is 0.797. The maximum Gasteiger partial charge on any atom is 0.242 e. The van der Waals surface area contributed by atoms with E-state index in [4.69, 9.17) is 0 Å². The van der Waals surface area contributed by atoms with Crippen molar-refractivity contribution in [3.05, 3.63) is 65.7 Å². The molecule has 0 atom stereocenters. The highest BCUT2D eigenvalue weighted by Crippen LogP contribution is 2.28. The van der Waals surface area contributed by atoms with Gasteiger partial charge < -0.3 is 14.7 Å². The second-order valence-corrected chi connectivity index (χ2v) is 7.57. The number of hydrogen-bond donors (Lipinski definition) is 0. The van der Waals surface area contributed by atoms with Crippen LogP contribution in [0, 0.1) is 0 Å². The number of aromatic nitrogens is 1. The molecule has 1 fully saturated rings. The summed E-state index contributed by atoms with van der Waals surface area (Å²) in [6.07, 6.45) is 1.78. The summed E-state index contributed by atoms with van der Waals surface area (Å²) >= 11 is 1.48. The molecule has 3 heterocycles. The molecule has 2 amide bonds. The molecule has 2 aliphatic heterocycles. The lowest BCUT2D eigenvalue weighted by atomic mass is 10.1. The third-order valence-corrected chi connectivity index (χ3v) is 5.77. The Morgan fingerprint density at radius 3 is 2.46 bits per heavy atom. The van der Waals surface area contributed by atoms with Crippen LogP contribution in [-0.4, -0.2) is 65.1 Å². The van der Waals surface area contributed by atoms with Crippen LogP contribution in [0.3, 0.4) is 0 Å². The van der Waals surface area contributed by atoms with Crippen molar-refractivity contribution >= 4 is 35.1 Å². The van der Waals surface area contributed by atoms with Crippen LogP contribution < -0.4 is 4.90 Å². The molecule has 2 aromatic rings. The third kappa shape index (κ3) is 4.04. The van der Waals surface area contributed by atoms with Gasteiger partial charge in [-0.2, -0.15) is 0 Å². The van der Waals surface area contributed by atoms with Crippen molar-refractivity contribution in [3.8, 4) is 0 Å². The molecule has 1 aromatic heterocycles. The first kappa shape index (κ1) is 18.6. The largest absolute Gasteiger partial charge is 0.353 e. The van der Waals surface area contributed by atoms with Crippen LogP contribution in [0.4, 0.5) is 5.82 Å². The molecule has 7 heteroatoms. The number of pyridine rings is 1. The fourth-order valence-electron chi connectivity index (χ4n) is 3.43. The zero-order valence-corrected chi connectivity index (χ0v) is 16.3. The minimum atomic E-state index is -0.0215. The number of piperazine rings is 1. The van der Waals surface area contributed by atoms with Gasteiger partial charge in [-0.25, -0.2) is 4.98 Å². The molecule has 0 bridgehead atoms. The first-order valence-corrected chi connectivity index (χ1v) is 10.4. The number of rotatable bonds is 4. The Hall–Kier alpha value is -2.80. The van der Waals surface area contributed by atoms with Gasteiger partial charge in [-0.05, 0) is 23.1 Å². The molecule has 4 rings (SSSR count). The second-order valence-electron chi connectivity index (χ2n) is 6.72. The summed E-state index contributed by atoms with van der Waals surface area (Å²) in [6.45, 7) is 2.85. The third-order valence-electron chi connectivity index (χ3n) is 4.96. The van der Waals surface area contributed by atoms with Crippen molar-refractivity contribution in [2.75, 3.05) is 43.4 Å². The van der Waals surface area contributed by atoms with Crippen LogP contribution in [0.5, 0.6) is 0 Å². The molecule has 28 heavy (non-hydrogen) atoms. The molecular weight excluding hydrogens is 372 g/mol. The Morgan fingerprint density at radius 1 is 1.00 bits per heavy atom. The number of nitrogens with zero attached hydrogens (tertiary/aromatic N) is 4. The molecule has 0 unspecified atom stereocenters. The molecule has 0 saturated carbocycles. The van der Waals surface area contributed by atoms with Crippen LogP contribution >= 0.6 is 11.8 Å². The summed E-state index contributed by atoms with van der Waals surface area (Å²) in [6, 6.07) is 15.6. The maximum atomic E-state index is 12.9. The lowest BCUT2D eigenvalue weighted by Gasteiger charge is -2.37. The minimum Gasteiger partial charge on any atom is -0.353 e. The first-order chi connectivity index (χ1) is 13.7. The summed E-state index contributed by atoms with van der Waals surface area (Å²) in [5.74, 6) is 1.28. The molecule has 1 aromatic carbocycles. The number of carbonyl (C=O) groups excluding carboxylic acids is 2. The fraction of sp³-hybridized carbons (Fsp3) is 0.286. The number of hydrogen-bond acceptors (Lipinski definition) is 5. The van der Waals surface area contributed by atoms with Crippen molar-refractivity contribution in [3.63, 3.8) is 0 Å². The van der Waals surface area contributed by atoms with Gasteiger partial charge in [-0.15, -0.1) is 11.8 Å². The molecule has 0 spiro atoms. The van der Waals surface area contributed by atoms with Crippen molar-refractivity contribution in [1.82, 2.24) is 14.8 Å². The standard InChI is InChI=1S/C21H22N4O2S/c26-20(24-12-10-23(11-13-24)19-8-4-5-9-22-19)14-25-18(15-28-16-21(25)27)17-6-2-1-3-7-17/h1-9,15H,10-14,16H2. The predicted molar refractivity (Wildman–Crippen MR) is 112 cm³/mol. The van der Waals surface area contributed by atoms with Gasteiger partial charge >= 0.3 is 0 Å². The summed E-state index contributed by atoms with van der Waals surface area (Å²) in [7, 11) is 0. The lowest BCUT2D eigenvalue weighted by molar-refractivity contribution is -0.137. The van der Waals surface area contributed by atoms with Crippen LogP contribution in [0.15, 0.2) is 60.1 Å². The molecule has 144 valence electrons. The van der Waals surface area contributed by atoms with Crippen LogP contribution in [-0.2, 0) is 9.59 Å². The Balaban J connectivity index is 1.41. The van der Waals surface area contributed by atoms with E-state index in [1.807, 2.05) is 58.8 Å². The highest BCUT2D eigenvalue weighted by atomic mass is 32.2. The monoisotopic (exact) mass is 394 g/mol. The number of thioether (sulfide) groups is 1. The van der Waals surface area contributed by atoms with Crippen LogP contribution in [0.25, 0.3) is 5.70 Å². The topological polar surface area (TPSA) is 56.8 Å². The van der Waals surface area contributed by atoms with E-state index in [2.05, 4.69) is 9.88 Å². The number of benzene rings is 1. The van der Waals surface area contributed by atoms with Gasteiger partial charge in [0.2, 0.25) is 11.8 Å². The Bertz CT molecular complexity index is 864. The van der Waals surface area contributed by atoms with E-state index in [-0.39, 0.29) is 18.4 Å². The van der Waals surface area contributed by atoms with Gasteiger partial charge in [0, 0.05) is 32.4 Å². The lowest BCUT2D eigenvalue weighted by Crippen LogP contribution is -2.52. The van der Waals surface area contributed by atoms with Gasteiger partial charge in [0.1, 0.15) is 12.4 Å². The van der Waals surface area contributed by atoms with Crippen LogP contribution in [0.2, 0.25) is 0 Å². The summed E-state index contributed by atoms with van der Waals surface area (Å²) in [4.78, 5) is 35.4. The molecule has 0 radical (unpaired) electrons. The zero-order chi connectivity index (χ0) is 19.3. The summed E-state index contributed by atoms with van der Waals surface area (Å²) < 4.78 is 0. The van der Waals surface area contributed by atoms with Gasteiger partial charge in [0.15, 0.2) is 0 Å². The van der Waals surface area contributed by atoms with E-state index in [9.17, 15) is 9.59 Å². The highest BCUT2D eigenvalue weighted by Gasteiger charge is 2.29. The molecule has 6 nitrogen and oxygen atoms in total. The van der Waals surface area contributed by atoms with Crippen molar-refractivity contribution < 1.29 is 9.59 Å². The molecule has 1 saturated heterocycles. The van der Waals surface area contributed by atoms with Gasteiger partial charge in [-0.1, -0.05) is 36.4 Å². The van der Waals surface area contributed by atoms with E-state index in [1.54, 1.807) is 11.1 Å². The fourth-order valence-corrected chi connectivity index (χ4v) is 4.24. The Kier molecular flexibility index (Phi) is 5.62. The predicted octanol–water partition coefficient (Wildman–Crippen LogP) is 2.30. The molecular formula is C21H22N4O2S. The van der Waals surface area contributed by atoms with Crippen molar-refractivity contribution in [1.29, 1.82) is 0 Å². The molecule has 0 aliphatic carbocycles. The molecule has 0 N–H and O–H groups in total. The number of amides is 2. The van der Waals surface area contributed by atoms with E-state index in [0.29, 0.717) is 18.8 Å². The first-order valence-electron chi connectivity index (χ1n) is 9.34. The van der Waals surface area contributed by atoms with Crippen molar-refractivity contribution in [2.45, 2.75) is 0 Å². The van der Waals surface area contributed by atoms with E-state index in [1.165, 1.54) is 11.8 Å². The van der Waals surface area contributed by atoms with Gasteiger partial charge in [-0.3, -0.25) is 9.59 Å². The Morgan fingerprint density at radius 2 is 1.75 bits per heavy atom. The summed E-state index contributed by atoms with van der Waals surface area (Å²) in [5, 5.41) is 1.98. The number of anilines is 1. The van der Waals surface area contributed by atoms with E-state index >= 15 is 0 Å². The van der Waals surface area contributed by atoms with Gasteiger partial charge in [0.25, 0.3) is 0 Å². The maximum absolute atomic E-state index is 12.9. The van der Waals surface area contributed by atoms with E-state index < -0.39 is 0 Å². The van der Waals surface area contributed by atoms with Gasteiger partial charge in [0.05, 0.1) is 11.4 Å². The van der Waals surface area contributed by atoms with Crippen molar-refractivity contribution in [2.24, 2.45) is 0 Å². The average molecular weight is 395 g/mol.